The van der Waals surface area contributed by atoms with E-state index < -0.39 is 5.41 Å². The van der Waals surface area contributed by atoms with Gasteiger partial charge in [-0.2, -0.15) is 0 Å². The highest BCUT2D eigenvalue weighted by atomic mass is 35.5. The van der Waals surface area contributed by atoms with Crippen LogP contribution in [0.1, 0.15) is 42.5 Å². The largest absolute Gasteiger partial charge is 0.486 e. The summed E-state index contributed by atoms with van der Waals surface area (Å²) in [6, 6.07) is 14.3. The number of rotatable bonds is 8. The van der Waals surface area contributed by atoms with Crippen molar-refractivity contribution < 1.29 is 19.1 Å². The summed E-state index contributed by atoms with van der Waals surface area (Å²) >= 11 is 7.31. The monoisotopic (exact) mass is 497 g/mol. The Kier molecular flexibility index (Phi) is 7.29. The highest BCUT2D eigenvalue weighted by Crippen LogP contribution is 2.36. The van der Waals surface area contributed by atoms with Gasteiger partial charge in [0.1, 0.15) is 17.4 Å². The lowest BCUT2D eigenvalue weighted by Crippen LogP contribution is -2.51. The molecule has 1 atom stereocenters. The lowest BCUT2D eigenvalue weighted by molar-refractivity contribution is -0.138. The van der Waals surface area contributed by atoms with Gasteiger partial charge < -0.3 is 10.1 Å². The van der Waals surface area contributed by atoms with Crippen molar-refractivity contribution in [1.29, 1.82) is 0 Å². The minimum atomic E-state index is -0.721. The Morgan fingerprint density at radius 3 is 2.59 bits per heavy atom. The number of nitrogens with zero attached hydrogens (tertiary/aromatic N) is 1. The Labute approximate surface area is 206 Å². The van der Waals surface area contributed by atoms with Crippen molar-refractivity contribution in [2.75, 3.05) is 5.32 Å². The highest BCUT2D eigenvalue weighted by Gasteiger charge is 2.42. The second kappa shape index (κ2) is 10.4. The number of halogens is 1. The van der Waals surface area contributed by atoms with Crippen LogP contribution in [0.2, 0.25) is 5.02 Å². The fourth-order valence-electron chi connectivity index (χ4n) is 3.98. The van der Waals surface area contributed by atoms with Gasteiger partial charge in [0.2, 0.25) is 17.7 Å². The van der Waals surface area contributed by atoms with Gasteiger partial charge in [-0.05, 0) is 54.8 Å². The molecule has 9 heteroatoms. The maximum absolute atomic E-state index is 12.5. The first-order valence-corrected chi connectivity index (χ1v) is 12.2. The minimum absolute atomic E-state index is 0.141. The number of anilines is 1. The zero-order chi connectivity index (χ0) is 24.1. The van der Waals surface area contributed by atoms with Gasteiger partial charge in [0.15, 0.2) is 0 Å². The van der Waals surface area contributed by atoms with E-state index in [9.17, 15) is 14.4 Å². The average molecular weight is 498 g/mol. The molecule has 4 rings (SSSR count). The van der Waals surface area contributed by atoms with E-state index >= 15 is 0 Å². The van der Waals surface area contributed by atoms with Gasteiger partial charge in [0, 0.05) is 22.5 Å². The number of nitrogens with one attached hydrogen (secondary N) is 2. The molecular formula is C25H24ClN3O4S. The quantitative estimate of drug-likeness (QED) is 0.442. The molecule has 1 unspecified atom stereocenters. The third-order valence-corrected chi connectivity index (χ3v) is 7.03. The summed E-state index contributed by atoms with van der Waals surface area (Å²) in [6.07, 6.45) is 1.53. The second-order valence-electron chi connectivity index (χ2n) is 8.09. The average Bonchev–Trinajstić information content (AvgIpc) is 3.27. The molecule has 1 aliphatic heterocycles. The summed E-state index contributed by atoms with van der Waals surface area (Å²) in [7, 11) is 0. The summed E-state index contributed by atoms with van der Waals surface area (Å²) in [5.74, 6) is 0.0149. The van der Waals surface area contributed by atoms with Gasteiger partial charge in [-0.1, -0.05) is 30.7 Å². The Morgan fingerprint density at radius 2 is 1.91 bits per heavy atom. The lowest BCUT2D eigenvalue weighted by Gasteiger charge is -2.35. The number of aromatic nitrogens is 1. The Balaban J connectivity index is 1.32. The van der Waals surface area contributed by atoms with Crippen molar-refractivity contribution >= 4 is 46.3 Å². The Bertz CT molecular complexity index is 1190. The summed E-state index contributed by atoms with van der Waals surface area (Å²) in [6.45, 7) is 2.25. The molecule has 7 nitrogen and oxygen atoms in total. The first kappa shape index (κ1) is 23.9. The van der Waals surface area contributed by atoms with Crippen molar-refractivity contribution in [2.45, 2.75) is 44.6 Å². The molecule has 2 aromatic carbocycles. The van der Waals surface area contributed by atoms with E-state index in [1.807, 2.05) is 24.4 Å². The van der Waals surface area contributed by atoms with E-state index in [1.165, 1.54) is 11.3 Å². The molecule has 0 aliphatic carbocycles. The fourth-order valence-corrected chi connectivity index (χ4v) is 4.81. The van der Waals surface area contributed by atoms with Crippen molar-refractivity contribution in [3.8, 4) is 5.75 Å². The molecule has 2 heterocycles. The number of hydrogen-bond donors (Lipinski definition) is 2. The predicted octanol–water partition coefficient (Wildman–Crippen LogP) is 4.64. The number of piperidine rings is 1. The van der Waals surface area contributed by atoms with Crippen LogP contribution >= 0.6 is 22.9 Å². The number of carbonyl (C=O) groups is 3. The molecule has 34 heavy (non-hydrogen) atoms. The molecule has 1 aliphatic rings. The summed E-state index contributed by atoms with van der Waals surface area (Å²) in [4.78, 5) is 41.1. The zero-order valence-electron chi connectivity index (χ0n) is 18.6. The van der Waals surface area contributed by atoms with Crippen LogP contribution in [0.4, 0.5) is 5.69 Å². The zero-order valence-corrected chi connectivity index (χ0v) is 20.2. The number of carbonyl (C=O) groups excluding carboxylic acids is 3. The number of thiazole rings is 1. The summed E-state index contributed by atoms with van der Waals surface area (Å²) in [5, 5.41) is 8.58. The van der Waals surface area contributed by atoms with Gasteiger partial charge in [-0.15, -0.1) is 11.3 Å². The topological polar surface area (TPSA) is 97.4 Å². The first-order valence-electron chi connectivity index (χ1n) is 10.9. The van der Waals surface area contributed by atoms with Crippen LogP contribution in [0, 0.1) is 0 Å². The van der Waals surface area contributed by atoms with Crippen LogP contribution in [0.3, 0.4) is 0 Å². The molecular weight excluding hydrogens is 474 g/mol. The first-order chi connectivity index (χ1) is 16.4. The van der Waals surface area contributed by atoms with Gasteiger partial charge >= 0.3 is 0 Å². The molecule has 1 aromatic heterocycles. The van der Waals surface area contributed by atoms with Crippen LogP contribution in [-0.4, -0.2) is 22.7 Å². The summed E-state index contributed by atoms with van der Waals surface area (Å²) in [5.41, 5.74) is 1.42. The summed E-state index contributed by atoms with van der Waals surface area (Å²) < 4.78 is 5.69. The van der Waals surface area contributed by atoms with Crippen molar-refractivity contribution in [1.82, 2.24) is 10.3 Å². The van der Waals surface area contributed by atoms with E-state index in [2.05, 4.69) is 15.6 Å². The van der Waals surface area contributed by atoms with E-state index in [-0.39, 0.29) is 24.1 Å². The molecule has 176 valence electrons. The van der Waals surface area contributed by atoms with E-state index in [1.54, 1.807) is 36.4 Å². The maximum atomic E-state index is 12.5. The van der Waals surface area contributed by atoms with E-state index in [0.717, 1.165) is 10.6 Å². The number of benzene rings is 2. The highest BCUT2D eigenvalue weighted by molar-refractivity contribution is 7.09. The Morgan fingerprint density at radius 1 is 1.18 bits per heavy atom. The molecule has 0 saturated carbocycles. The van der Waals surface area contributed by atoms with Crippen LogP contribution in [0.25, 0.3) is 0 Å². The van der Waals surface area contributed by atoms with Crippen molar-refractivity contribution in [3.05, 3.63) is 75.2 Å². The third-order valence-electron chi connectivity index (χ3n) is 5.91. The number of ether oxygens (including phenoxy) is 1. The lowest BCUT2D eigenvalue weighted by atomic mass is 9.72. The molecule has 0 radical (unpaired) electrons. The van der Waals surface area contributed by atoms with Gasteiger partial charge in [0.05, 0.1) is 17.5 Å². The van der Waals surface area contributed by atoms with Gasteiger partial charge in [0.25, 0.3) is 0 Å². The van der Waals surface area contributed by atoms with Crippen LogP contribution in [-0.2, 0) is 32.8 Å². The molecule has 3 aromatic rings. The third kappa shape index (κ3) is 5.46. The molecule has 1 fully saturated rings. The second-order valence-corrected chi connectivity index (χ2v) is 9.47. The van der Waals surface area contributed by atoms with Crippen molar-refractivity contribution in [2.24, 2.45) is 0 Å². The standard InChI is InChI=1S/C25H24ClN3O4S/c1-2-25(12-11-21(30)29-24(25)32)16-3-7-18(8-4-16)27-22(31)13-19-15-34-23(28-19)14-33-20-9-5-17(26)6-10-20/h3-10,15H,2,11-14H2,1H3,(H,27,31)(H,29,30,32). The Hall–Kier alpha value is -3.23. The normalized spacial score (nSPS) is 17.8. The van der Waals surface area contributed by atoms with Crippen LogP contribution in [0.15, 0.2) is 53.9 Å². The number of hydrogen-bond acceptors (Lipinski definition) is 6. The van der Waals surface area contributed by atoms with Crippen LogP contribution in [0.5, 0.6) is 5.75 Å². The number of imide groups is 1. The van der Waals surface area contributed by atoms with E-state index in [4.69, 9.17) is 16.3 Å². The smallest absolute Gasteiger partial charge is 0.237 e. The molecule has 3 amide bonds. The molecule has 0 spiro atoms. The SMILES string of the molecule is CCC1(c2ccc(NC(=O)Cc3csc(COc4ccc(Cl)cc4)n3)cc2)CCC(=O)NC1=O. The van der Waals surface area contributed by atoms with Crippen LogP contribution < -0.4 is 15.4 Å². The predicted molar refractivity (Wildman–Crippen MR) is 131 cm³/mol. The fraction of sp³-hybridized carbons (Fsp3) is 0.280. The van der Waals surface area contributed by atoms with E-state index in [0.29, 0.717) is 48.0 Å². The molecule has 0 bridgehead atoms. The molecule has 1 saturated heterocycles. The molecule has 2 N–H and O–H groups in total. The van der Waals surface area contributed by atoms with Gasteiger partial charge in [-0.3, -0.25) is 19.7 Å². The number of amides is 3. The van der Waals surface area contributed by atoms with Gasteiger partial charge in [-0.25, -0.2) is 4.98 Å². The van der Waals surface area contributed by atoms with Crippen molar-refractivity contribution in [3.63, 3.8) is 0 Å². The minimum Gasteiger partial charge on any atom is -0.486 e. The maximum Gasteiger partial charge on any atom is 0.237 e.